The van der Waals surface area contributed by atoms with E-state index in [4.69, 9.17) is 5.11 Å². The van der Waals surface area contributed by atoms with Gasteiger partial charge in [0.25, 0.3) is 0 Å². The summed E-state index contributed by atoms with van der Waals surface area (Å²) in [7, 11) is 3.80. The fourth-order valence-corrected chi connectivity index (χ4v) is 1.91. The Morgan fingerprint density at radius 1 is 1.58 bits per heavy atom. The van der Waals surface area contributed by atoms with E-state index < -0.39 is 5.54 Å². The first kappa shape index (κ1) is 15.9. The molecule has 1 aliphatic rings. The van der Waals surface area contributed by atoms with Crippen LogP contribution in [0.2, 0.25) is 0 Å². The number of amides is 1. The molecule has 0 saturated heterocycles. The molecule has 0 radical (unpaired) electrons. The molecule has 0 fully saturated rings. The molecule has 7 heteroatoms. The maximum Gasteiger partial charge on any atom is 0.238 e. The van der Waals surface area contributed by atoms with Crippen LogP contribution < -0.4 is 15.6 Å². The molecular weight excluding hydrogens is 246 g/mol. The van der Waals surface area contributed by atoms with Crippen LogP contribution >= 0.6 is 0 Å². The Morgan fingerprint density at radius 3 is 2.84 bits per heavy atom. The van der Waals surface area contributed by atoms with Crippen LogP contribution in [0, 0.1) is 0 Å². The van der Waals surface area contributed by atoms with Gasteiger partial charge in [-0.25, -0.2) is 0 Å². The minimum absolute atomic E-state index is 0.0560. The molecule has 1 unspecified atom stereocenters. The topological polar surface area (TPSA) is 83.1 Å². The molecular formula is C12H25N5O2. The summed E-state index contributed by atoms with van der Waals surface area (Å²) in [6.07, 6.45) is 2.41. The first-order valence-electron chi connectivity index (χ1n) is 6.47. The van der Waals surface area contributed by atoms with Crippen LogP contribution in [0.25, 0.3) is 5.53 Å². The lowest BCUT2D eigenvalue weighted by molar-refractivity contribution is -0.800. The van der Waals surface area contributed by atoms with Crippen molar-refractivity contribution < 1.29 is 14.9 Å². The van der Waals surface area contributed by atoms with Gasteiger partial charge in [-0.2, -0.15) is 0 Å². The van der Waals surface area contributed by atoms with Gasteiger partial charge in [0.15, 0.2) is 0 Å². The molecule has 0 bridgehead atoms. The summed E-state index contributed by atoms with van der Waals surface area (Å²) in [4.78, 5) is 11.9. The number of rotatable bonds is 7. The molecule has 0 aromatic carbocycles. The molecule has 1 heterocycles. The molecule has 1 amide bonds. The van der Waals surface area contributed by atoms with Crippen LogP contribution in [0.1, 0.15) is 20.3 Å². The van der Waals surface area contributed by atoms with Crippen molar-refractivity contribution in [2.24, 2.45) is 0 Å². The molecule has 7 nitrogen and oxygen atoms in total. The van der Waals surface area contributed by atoms with Crippen molar-refractivity contribution in [3.63, 3.8) is 0 Å². The number of likely N-dealkylation sites (N-methyl/N-ethyl adjacent to an activating group) is 2. The lowest BCUT2D eigenvalue weighted by Crippen LogP contribution is -3.02. The Hall–Kier alpha value is -1.15. The van der Waals surface area contributed by atoms with Crippen LogP contribution in [0.5, 0.6) is 0 Å². The normalized spacial score (nSPS) is 19.5. The zero-order chi connectivity index (χ0) is 14.5. The highest BCUT2D eigenvalue weighted by Gasteiger charge is 2.21. The van der Waals surface area contributed by atoms with Crippen molar-refractivity contribution in [3.8, 4) is 0 Å². The summed E-state index contributed by atoms with van der Waals surface area (Å²) < 4.78 is 0. The highest BCUT2D eigenvalue weighted by molar-refractivity contribution is 5.79. The van der Waals surface area contributed by atoms with Gasteiger partial charge in [-0.15, -0.1) is 0 Å². The van der Waals surface area contributed by atoms with Crippen LogP contribution in [0.4, 0.5) is 0 Å². The number of quaternary nitrogens is 1. The van der Waals surface area contributed by atoms with Gasteiger partial charge in [0.05, 0.1) is 20.1 Å². The quantitative estimate of drug-likeness (QED) is 0.447. The maximum atomic E-state index is 11.9. The number of carbonyl (C=O) groups is 1. The number of hydrogen-bond donors (Lipinski definition) is 4. The van der Waals surface area contributed by atoms with Crippen LogP contribution in [-0.2, 0) is 4.79 Å². The fraction of sp³-hybridized carbons (Fsp3) is 0.750. The first-order chi connectivity index (χ1) is 8.88. The van der Waals surface area contributed by atoms with Gasteiger partial charge in [0.1, 0.15) is 5.70 Å². The summed E-state index contributed by atoms with van der Waals surface area (Å²) in [6.45, 7) is 4.77. The number of hydrogen-bond acceptors (Lipinski definition) is 4. The highest BCUT2D eigenvalue weighted by atomic mass is 16.3. The van der Waals surface area contributed by atoms with Crippen molar-refractivity contribution in [1.82, 2.24) is 15.6 Å². The smallest absolute Gasteiger partial charge is 0.238 e. The standard InChI is InChI=1S/C12H25N5O2/c1-12(2,5-6-18)14-11(19)9-17-8-10(7-13-3)16(4)15-17/h8,13,16,18H,5-7,9H2,1-4H3,(H,14,19). The highest BCUT2D eigenvalue weighted by Crippen LogP contribution is 2.08. The SMILES string of the molecule is CNCC1=CN(CC(=O)NC(C)(C)CCO)[N-][NH+]1C. The average molecular weight is 271 g/mol. The Morgan fingerprint density at radius 2 is 2.26 bits per heavy atom. The summed E-state index contributed by atoms with van der Waals surface area (Å²) in [6, 6.07) is 0. The predicted molar refractivity (Wildman–Crippen MR) is 72.9 cm³/mol. The number of carbonyl (C=O) groups excluding carboxylic acids is 1. The van der Waals surface area contributed by atoms with E-state index in [1.807, 2.05) is 34.1 Å². The van der Waals surface area contributed by atoms with Crippen molar-refractivity contribution in [2.45, 2.75) is 25.8 Å². The molecule has 0 spiro atoms. The molecule has 19 heavy (non-hydrogen) atoms. The van der Waals surface area contributed by atoms with Gasteiger partial charge in [-0.1, -0.05) is 0 Å². The zero-order valence-electron chi connectivity index (χ0n) is 12.2. The van der Waals surface area contributed by atoms with E-state index in [0.29, 0.717) is 6.42 Å². The summed E-state index contributed by atoms with van der Waals surface area (Å²) in [5.74, 6) is -0.100. The van der Waals surface area contributed by atoms with Crippen LogP contribution in [0.15, 0.2) is 11.9 Å². The minimum atomic E-state index is -0.401. The van der Waals surface area contributed by atoms with E-state index in [-0.39, 0.29) is 19.1 Å². The van der Waals surface area contributed by atoms with Crippen molar-refractivity contribution in [3.05, 3.63) is 17.4 Å². The van der Waals surface area contributed by atoms with Crippen molar-refractivity contribution in [2.75, 3.05) is 33.8 Å². The molecule has 0 saturated carbocycles. The molecule has 4 N–H and O–H groups in total. The summed E-state index contributed by atoms with van der Waals surface area (Å²) in [5, 5.41) is 17.5. The molecule has 1 aliphatic heterocycles. The fourth-order valence-electron chi connectivity index (χ4n) is 1.91. The zero-order valence-corrected chi connectivity index (χ0v) is 12.2. The molecule has 110 valence electrons. The van der Waals surface area contributed by atoms with Gasteiger partial charge in [-0.3, -0.25) is 4.79 Å². The number of aliphatic hydroxyl groups is 1. The molecule has 1 rings (SSSR count). The minimum Gasteiger partial charge on any atom is -0.419 e. The van der Waals surface area contributed by atoms with Crippen LogP contribution in [-0.4, -0.2) is 55.4 Å². The summed E-state index contributed by atoms with van der Waals surface area (Å²) >= 11 is 0. The van der Waals surface area contributed by atoms with Gasteiger partial charge in [-0.05, 0) is 27.3 Å². The van der Waals surface area contributed by atoms with Crippen molar-refractivity contribution >= 4 is 5.91 Å². The van der Waals surface area contributed by atoms with Gasteiger partial charge < -0.3 is 31.3 Å². The summed E-state index contributed by atoms with van der Waals surface area (Å²) in [5.41, 5.74) is 5.00. The average Bonchev–Trinajstić information content (AvgIpc) is 2.58. The van der Waals surface area contributed by atoms with E-state index in [2.05, 4.69) is 16.2 Å². The Balaban J connectivity index is 2.46. The Kier molecular flexibility index (Phi) is 5.74. The number of aliphatic hydroxyl groups excluding tert-OH is 1. The van der Waals surface area contributed by atoms with E-state index in [1.165, 1.54) is 0 Å². The largest absolute Gasteiger partial charge is 0.419 e. The molecule has 0 aromatic rings. The van der Waals surface area contributed by atoms with Crippen LogP contribution in [0.3, 0.4) is 0 Å². The molecule has 1 atom stereocenters. The van der Waals surface area contributed by atoms with Crippen molar-refractivity contribution in [1.29, 1.82) is 0 Å². The third kappa shape index (κ3) is 5.15. The van der Waals surface area contributed by atoms with E-state index in [1.54, 1.807) is 5.01 Å². The monoisotopic (exact) mass is 271 g/mol. The van der Waals surface area contributed by atoms with E-state index in [9.17, 15) is 4.79 Å². The lowest BCUT2D eigenvalue weighted by Gasteiger charge is -2.31. The first-order valence-corrected chi connectivity index (χ1v) is 6.47. The third-order valence-electron chi connectivity index (χ3n) is 2.94. The molecule has 0 aromatic heterocycles. The number of nitrogens with zero attached hydrogens (tertiary/aromatic N) is 2. The van der Waals surface area contributed by atoms with E-state index >= 15 is 0 Å². The Labute approximate surface area is 114 Å². The predicted octanol–water partition coefficient (Wildman–Crippen LogP) is -1.64. The third-order valence-corrected chi connectivity index (χ3v) is 2.94. The van der Waals surface area contributed by atoms with E-state index in [0.717, 1.165) is 17.3 Å². The maximum absolute atomic E-state index is 11.9. The Bertz CT molecular complexity index is 343. The lowest BCUT2D eigenvalue weighted by atomic mass is 10.0. The van der Waals surface area contributed by atoms with Gasteiger partial charge in [0.2, 0.25) is 5.91 Å². The second-order valence-electron chi connectivity index (χ2n) is 5.37. The van der Waals surface area contributed by atoms with Gasteiger partial charge >= 0.3 is 0 Å². The second-order valence-corrected chi connectivity index (χ2v) is 5.37. The van der Waals surface area contributed by atoms with Gasteiger partial charge in [0, 0.05) is 18.3 Å². The number of nitrogens with one attached hydrogen (secondary N) is 3. The molecule has 0 aliphatic carbocycles. The second kappa shape index (κ2) is 6.85.